The molecule has 18 heavy (non-hydrogen) atoms. The second kappa shape index (κ2) is 5.43. The van der Waals surface area contributed by atoms with Crippen LogP contribution in [0, 0.1) is 11.3 Å². The molecule has 0 radical (unpaired) electrons. The first-order chi connectivity index (χ1) is 8.67. The fourth-order valence-electron chi connectivity index (χ4n) is 1.74. The fourth-order valence-corrected chi connectivity index (χ4v) is 2.21. The number of rotatable bonds is 3. The lowest BCUT2D eigenvalue weighted by Crippen LogP contribution is -1.97. The smallest absolute Gasteiger partial charge is 0.150 e. The second-order valence-corrected chi connectivity index (χ2v) is 4.66. The average molecular weight is 280 g/mol. The van der Waals surface area contributed by atoms with E-state index in [1.165, 1.54) is 0 Å². The van der Waals surface area contributed by atoms with E-state index >= 15 is 0 Å². The summed E-state index contributed by atoms with van der Waals surface area (Å²) in [5.41, 5.74) is 1.93. The maximum atomic E-state index is 9.13. The number of aryl methyl sites for hydroxylation is 1. The quantitative estimate of drug-likeness (QED) is 0.852. The van der Waals surface area contributed by atoms with Crippen LogP contribution in [-0.4, -0.2) is 9.78 Å². The largest absolute Gasteiger partial charge is 0.220 e. The van der Waals surface area contributed by atoms with Gasteiger partial charge in [0.1, 0.15) is 11.6 Å². The van der Waals surface area contributed by atoms with Crippen LogP contribution in [0.4, 0.5) is 0 Å². The zero-order valence-electron chi connectivity index (χ0n) is 9.82. The van der Waals surface area contributed by atoms with Crippen LogP contribution in [0.15, 0.2) is 24.3 Å². The molecule has 0 N–H and O–H groups in total. The van der Waals surface area contributed by atoms with Gasteiger partial charge in [-0.05, 0) is 24.6 Å². The number of benzene rings is 1. The summed E-state index contributed by atoms with van der Waals surface area (Å²) in [5.74, 6) is 0. The van der Waals surface area contributed by atoms with Crippen LogP contribution < -0.4 is 0 Å². The Kier molecular flexibility index (Phi) is 3.90. The molecule has 0 spiro atoms. The summed E-state index contributed by atoms with van der Waals surface area (Å²) in [4.78, 5) is 0. The lowest BCUT2D eigenvalue weighted by atomic mass is 10.2. The van der Waals surface area contributed by atoms with Gasteiger partial charge < -0.3 is 0 Å². The highest BCUT2D eigenvalue weighted by Crippen LogP contribution is 2.25. The predicted molar refractivity (Wildman–Crippen MR) is 72.3 cm³/mol. The second-order valence-electron chi connectivity index (χ2n) is 3.87. The standard InChI is InChI=1S/C13H11Cl2N3/c1-2-4-12-11(8-16)13(15)18(17-12)10-6-3-5-9(14)7-10/h3,5-7H,2,4H2,1H3. The van der Waals surface area contributed by atoms with Gasteiger partial charge in [-0.2, -0.15) is 10.4 Å². The predicted octanol–water partition coefficient (Wildman–Crippen LogP) is 4.00. The van der Waals surface area contributed by atoms with Gasteiger partial charge in [0.05, 0.1) is 11.4 Å². The van der Waals surface area contributed by atoms with Crippen molar-refractivity contribution in [3.63, 3.8) is 0 Å². The van der Waals surface area contributed by atoms with Crippen molar-refractivity contribution in [1.29, 1.82) is 5.26 Å². The number of halogens is 2. The van der Waals surface area contributed by atoms with Crippen molar-refractivity contribution in [2.45, 2.75) is 19.8 Å². The molecule has 1 aromatic carbocycles. The molecule has 0 saturated heterocycles. The molecule has 0 saturated carbocycles. The van der Waals surface area contributed by atoms with Gasteiger partial charge in [-0.1, -0.05) is 42.6 Å². The molecule has 3 nitrogen and oxygen atoms in total. The highest BCUT2D eigenvalue weighted by atomic mass is 35.5. The number of nitriles is 1. The van der Waals surface area contributed by atoms with E-state index in [1.54, 1.807) is 16.8 Å². The van der Waals surface area contributed by atoms with Gasteiger partial charge in [0.25, 0.3) is 0 Å². The van der Waals surface area contributed by atoms with Crippen LogP contribution in [0.3, 0.4) is 0 Å². The normalized spacial score (nSPS) is 10.3. The zero-order valence-corrected chi connectivity index (χ0v) is 11.3. The van der Waals surface area contributed by atoms with E-state index in [9.17, 15) is 0 Å². The molecule has 1 aromatic heterocycles. The number of nitrogens with zero attached hydrogens (tertiary/aromatic N) is 3. The van der Waals surface area contributed by atoms with Gasteiger partial charge in [0, 0.05) is 5.02 Å². The third-order valence-corrected chi connectivity index (χ3v) is 3.14. The molecule has 5 heteroatoms. The molecule has 0 bridgehead atoms. The number of hydrogen-bond donors (Lipinski definition) is 0. The van der Waals surface area contributed by atoms with E-state index < -0.39 is 0 Å². The Hall–Kier alpha value is -1.50. The van der Waals surface area contributed by atoms with Crippen molar-refractivity contribution in [3.05, 3.63) is 45.7 Å². The summed E-state index contributed by atoms with van der Waals surface area (Å²) >= 11 is 12.1. The number of hydrogen-bond acceptors (Lipinski definition) is 2. The molecule has 2 aromatic rings. The van der Waals surface area contributed by atoms with Gasteiger partial charge in [-0.25, -0.2) is 4.68 Å². The summed E-state index contributed by atoms with van der Waals surface area (Å²) in [6, 6.07) is 9.31. The minimum absolute atomic E-state index is 0.336. The summed E-state index contributed by atoms with van der Waals surface area (Å²) in [5, 5.41) is 14.5. The van der Waals surface area contributed by atoms with Crippen molar-refractivity contribution < 1.29 is 0 Å². The van der Waals surface area contributed by atoms with Gasteiger partial charge in [0.2, 0.25) is 0 Å². The van der Waals surface area contributed by atoms with Crippen molar-refractivity contribution >= 4 is 23.2 Å². The maximum absolute atomic E-state index is 9.13. The molecule has 0 aliphatic carbocycles. The summed E-state index contributed by atoms with van der Waals surface area (Å²) < 4.78 is 1.55. The molecule has 1 heterocycles. The average Bonchev–Trinajstić information content (AvgIpc) is 2.66. The van der Waals surface area contributed by atoms with Crippen LogP contribution in [0.5, 0.6) is 0 Å². The van der Waals surface area contributed by atoms with Crippen LogP contribution in [0.1, 0.15) is 24.6 Å². The lowest BCUT2D eigenvalue weighted by molar-refractivity contribution is 0.806. The Morgan fingerprint density at radius 2 is 2.17 bits per heavy atom. The molecule has 0 fully saturated rings. The van der Waals surface area contributed by atoms with E-state index in [1.807, 2.05) is 19.1 Å². The first-order valence-corrected chi connectivity index (χ1v) is 6.36. The molecule has 0 amide bonds. The first kappa shape index (κ1) is 12.9. The number of aromatic nitrogens is 2. The Morgan fingerprint density at radius 1 is 1.39 bits per heavy atom. The lowest BCUT2D eigenvalue weighted by Gasteiger charge is -2.02. The molecule has 92 valence electrons. The third-order valence-electron chi connectivity index (χ3n) is 2.55. The topological polar surface area (TPSA) is 41.6 Å². The summed E-state index contributed by atoms with van der Waals surface area (Å²) in [6.45, 7) is 2.04. The minimum atomic E-state index is 0.336. The van der Waals surface area contributed by atoms with Crippen molar-refractivity contribution in [1.82, 2.24) is 9.78 Å². The molecule has 2 rings (SSSR count). The summed E-state index contributed by atoms with van der Waals surface area (Å²) in [6.07, 6.45) is 1.65. The van der Waals surface area contributed by atoms with E-state index in [4.69, 9.17) is 28.5 Å². The SMILES string of the molecule is CCCc1nn(-c2cccc(Cl)c2)c(Cl)c1C#N. The Labute approximate surface area is 116 Å². The van der Waals surface area contributed by atoms with Crippen molar-refractivity contribution in [3.8, 4) is 11.8 Å². The van der Waals surface area contributed by atoms with E-state index in [0.29, 0.717) is 15.7 Å². The zero-order chi connectivity index (χ0) is 13.1. The third kappa shape index (κ3) is 2.35. The monoisotopic (exact) mass is 279 g/mol. The maximum Gasteiger partial charge on any atom is 0.150 e. The van der Waals surface area contributed by atoms with Gasteiger partial charge in [-0.3, -0.25) is 0 Å². The molecule has 0 aliphatic rings. The van der Waals surface area contributed by atoms with Crippen LogP contribution >= 0.6 is 23.2 Å². The molecule has 0 unspecified atom stereocenters. The van der Waals surface area contributed by atoms with Gasteiger partial charge >= 0.3 is 0 Å². The first-order valence-electron chi connectivity index (χ1n) is 5.60. The highest BCUT2D eigenvalue weighted by molar-refractivity contribution is 6.31. The van der Waals surface area contributed by atoms with Gasteiger partial charge in [0.15, 0.2) is 5.15 Å². The Morgan fingerprint density at radius 3 is 2.78 bits per heavy atom. The molecule has 0 aliphatic heterocycles. The molecule has 0 atom stereocenters. The van der Waals surface area contributed by atoms with Crippen molar-refractivity contribution in [2.24, 2.45) is 0 Å². The molecular weight excluding hydrogens is 269 g/mol. The van der Waals surface area contributed by atoms with E-state index in [-0.39, 0.29) is 0 Å². The van der Waals surface area contributed by atoms with Crippen LogP contribution in [0.25, 0.3) is 5.69 Å². The Balaban J connectivity index is 2.56. The Bertz CT molecular complexity index is 611. The van der Waals surface area contributed by atoms with Gasteiger partial charge in [-0.15, -0.1) is 0 Å². The van der Waals surface area contributed by atoms with Crippen LogP contribution in [0.2, 0.25) is 10.2 Å². The summed E-state index contributed by atoms with van der Waals surface area (Å²) in [7, 11) is 0. The van der Waals surface area contributed by atoms with Crippen molar-refractivity contribution in [2.75, 3.05) is 0 Å². The van der Waals surface area contributed by atoms with Crippen LogP contribution in [-0.2, 0) is 6.42 Å². The highest BCUT2D eigenvalue weighted by Gasteiger charge is 2.16. The van der Waals surface area contributed by atoms with E-state index in [2.05, 4.69) is 11.2 Å². The fraction of sp³-hybridized carbons (Fsp3) is 0.231. The molecular formula is C13H11Cl2N3. The minimum Gasteiger partial charge on any atom is -0.220 e. The van der Waals surface area contributed by atoms with E-state index in [0.717, 1.165) is 24.2 Å².